The number of piperidine rings is 1. The quantitative estimate of drug-likeness (QED) is 0.869. The second-order valence-corrected chi connectivity index (χ2v) is 6.78. The summed E-state index contributed by atoms with van der Waals surface area (Å²) in [6.07, 6.45) is 1.93. The van der Waals surface area contributed by atoms with Crippen LogP contribution in [-0.2, 0) is 6.54 Å². The molecule has 142 valence electrons. The van der Waals surface area contributed by atoms with Crippen molar-refractivity contribution in [2.24, 2.45) is 0 Å². The van der Waals surface area contributed by atoms with Gasteiger partial charge in [-0.2, -0.15) is 0 Å². The van der Waals surface area contributed by atoms with Crippen molar-refractivity contribution in [2.75, 3.05) is 20.1 Å². The molecule has 0 bridgehead atoms. The summed E-state index contributed by atoms with van der Waals surface area (Å²) in [6.45, 7) is 1.67. The number of rotatable bonds is 4. The van der Waals surface area contributed by atoms with Gasteiger partial charge in [0.05, 0.1) is 0 Å². The number of nitrogens with zero attached hydrogens (tertiary/aromatic N) is 1. The molecular formula is C21H24FN3O2. The Hall–Kier alpha value is -2.89. The highest BCUT2D eigenvalue weighted by Crippen LogP contribution is 2.27. The fourth-order valence-corrected chi connectivity index (χ4v) is 3.46. The van der Waals surface area contributed by atoms with Gasteiger partial charge in [-0.3, -0.25) is 4.79 Å². The van der Waals surface area contributed by atoms with E-state index in [1.807, 2.05) is 23.1 Å². The summed E-state index contributed by atoms with van der Waals surface area (Å²) in [6, 6.07) is 13.6. The number of carbonyl (C=O) groups excluding carboxylic acids is 2. The highest BCUT2D eigenvalue weighted by molar-refractivity contribution is 5.94. The van der Waals surface area contributed by atoms with Gasteiger partial charge >= 0.3 is 6.03 Å². The SMILES string of the molecule is CNC(=O)N1CCC[C@H](c2cccc(C(=O)NCc3cccc(F)c3)c2)C1. The van der Waals surface area contributed by atoms with E-state index in [9.17, 15) is 14.0 Å². The minimum absolute atomic E-state index is 0.0660. The van der Waals surface area contributed by atoms with Crippen LogP contribution in [0.2, 0.25) is 0 Å². The molecule has 3 amide bonds. The zero-order valence-corrected chi connectivity index (χ0v) is 15.4. The number of nitrogens with one attached hydrogen (secondary N) is 2. The number of halogens is 1. The molecule has 0 aromatic heterocycles. The van der Waals surface area contributed by atoms with Gasteiger partial charge in [0.25, 0.3) is 5.91 Å². The fourth-order valence-electron chi connectivity index (χ4n) is 3.46. The smallest absolute Gasteiger partial charge is 0.317 e. The van der Waals surface area contributed by atoms with Crippen LogP contribution in [0.5, 0.6) is 0 Å². The first-order chi connectivity index (χ1) is 13.1. The summed E-state index contributed by atoms with van der Waals surface area (Å²) in [4.78, 5) is 26.2. The molecule has 1 aliphatic rings. The third kappa shape index (κ3) is 4.84. The van der Waals surface area contributed by atoms with Crippen LogP contribution in [0.1, 0.15) is 40.2 Å². The van der Waals surface area contributed by atoms with Crippen LogP contribution in [0.15, 0.2) is 48.5 Å². The van der Waals surface area contributed by atoms with Crippen LogP contribution < -0.4 is 10.6 Å². The second-order valence-electron chi connectivity index (χ2n) is 6.78. The highest BCUT2D eigenvalue weighted by atomic mass is 19.1. The molecule has 1 atom stereocenters. The number of urea groups is 1. The zero-order valence-electron chi connectivity index (χ0n) is 15.4. The third-order valence-corrected chi connectivity index (χ3v) is 4.88. The lowest BCUT2D eigenvalue weighted by Gasteiger charge is -2.32. The number of benzene rings is 2. The summed E-state index contributed by atoms with van der Waals surface area (Å²) < 4.78 is 13.2. The number of carbonyl (C=O) groups is 2. The van der Waals surface area contributed by atoms with Gasteiger partial charge in [-0.15, -0.1) is 0 Å². The first kappa shape index (κ1) is 18.9. The van der Waals surface area contributed by atoms with E-state index in [1.165, 1.54) is 12.1 Å². The molecule has 1 heterocycles. The van der Waals surface area contributed by atoms with Gasteiger partial charge < -0.3 is 15.5 Å². The number of likely N-dealkylation sites (tertiary alicyclic amines) is 1. The molecule has 2 N–H and O–H groups in total. The van der Waals surface area contributed by atoms with Crippen molar-refractivity contribution in [3.05, 3.63) is 71.0 Å². The van der Waals surface area contributed by atoms with Crippen LogP contribution in [0.25, 0.3) is 0 Å². The van der Waals surface area contributed by atoms with Gasteiger partial charge in [-0.25, -0.2) is 9.18 Å². The lowest BCUT2D eigenvalue weighted by atomic mass is 9.89. The van der Waals surface area contributed by atoms with Crippen molar-refractivity contribution >= 4 is 11.9 Å². The van der Waals surface area contributed by atoms with Gasteiger partial charge in [0.2, 0.25) is 0 Å². The normalized spacial score (nSPS) is 16.7. The molecule has 3 rings (SSSR count). The number of amides is 3. The van der Waals surface area contributed by atoms with Crippen LogP contribution in [0, 0.1) is 5.82 Å². The molecule has 0 saturated carbocycles. The molecule has 1 fully saturated rings. The Morgan fingerprint density at radius 1 is 1.19 bits per heavy atom. The largest absolute Gasteiger partial charge is 0.348 e. The predicted molar refractivity (Wildman–Crippen MR) is 102 cm³/mol. The van der Waals surface area contributed by atoms with E-state index in [2.05, 4.69) is 10.6 Å². The Bertz CT molecular complexity index is 825. The molecule has 27 heavy (non-hydrogen) atoms. The van der Waals surface area contributed by atoms with Crippen molar-refractivity contribution in [3.8, 4) is 0 Å². The van der Waals surface area contributed by atoms with E-state index >= 15 is 0 Å². The molecule has 0 unspecified atom stereocenters. The minimum atomic E-state index is -0.318. The fraction of sp³-hybridized carbons (Fsp3) is 0.333. The maximum Gasteiger partial charge on any atom is 0.317 e. The van der Waals surface area contributed by atoms with Crippen LogP contribution in [0.3, 0.4) is 0 Å². The van der Waals surface area contributed by atoms with Crippen molar-refractivity contribution in [1.82, 2.24) is 15.5 Å². The topological polar surface area (TPSA) is 61.4 Å². The van der Waals surface area contributed by atoms with Gasteiger partial charge in [-0.05, 0) is 48.2 Å². The molecule has 1 saturated heterocycles. The van der Waals surface area contributed by atoms with Gasteiger partial charge in [-0.1, -0.05) is 24.3 Å². The second kappa shape index (κ2) is 8.66. The molecule has 2 aromatic carbocycles. The lowest BCUT2D eigenvalue weighted by Crippen LogP contribution is -2.43. The van der Waals surface area contributed by atoms with Crippen LogP contribution in [0.4, 0.5) is 9.18 Å². The van der Waals surface area contributed by atoms with Crippen molar-refractivity contribution in [2.45, 2.75) is 25.3 Å². The standard InChI is InChI=1S/C21H24FN3O2/c1-23-21(27)25-10-4-8-18(14-25)16-6-3-7-17(12-16)20(26)24-13-15-5-2-9-19(22)11-15/h2-3,5-7,9,11-12,18H,4,8,10,13-14H2,1H3,(H,23,27)(H,24,26)/t18-/m0/s1. The van der Waals surface area contributed by atoms with E-state index in [0.29, 0.717) is 17.7 Å². The molecule has 0 aliphatic carbocycles. The van der Waals surface area contributed by atoms with Crippen molar-refractivity contribution < 1.29 is 14.0 Å². The monoisotopic (exact) mass is 369 g/mol. The maximum absolute atomic E-state index is 13.2. The first-order valence-electron chi connectivity index (χ1n) is 9.16. The Morgan fingerprint density at radius 3 is 2.78 bits per heavy atom. The van der Waals surface area contributed by atoms with E-state index in [1.54, 1.807) is 25.2 Å². The van der Waals surface area contributed by atoms with Gasteiger partial charge in [0.1, 0.15) is 5.82 Å². The van der Waals surface area contributed by atoms with Gasteiger partial charge in [0, 0.05) is 38.2 Å². The molecule has 0 spiro atoms. The summed E-state index contributed by atoms with van der Waals surface area (Å²) in [5, 5.41) is 5.50. The third-order valence-electron chi connectivity index (χ3n) is 4.88. The Morgan fingerprint density at radius 2 is 2.00 bits per heavy atom. The van der Waals surface area contributed by atoms with Crippen molar-refractivity contribution in [3.63, 3.8) is 0 Å². The van der Waals surface area contributed by atoms with E-state index in [4.69, 9.17) is 0 Å². The van der Waals surface area contributed by atoms with Crippen LogP contribution >= 0.6 is 0 Å². The zero-order chi connectivity index (χ0) is 19.2. The molecular weight excluding hydrogens is 345 g/mol. The van der Waals surface area contributed by atoms with E-state index in [-0.39, 0.29) is 30.2 Å². The Balaban J connectivity index is 1.65. The highest BCUT2D eigenvalue weighted by Gasteiger charge is 2.24. The van der Waals surface area contributed by atoms with Crippen molar-refractivity contribution in [1.29, 1.82) is 0 Å². The summed E-state index contributed by atoms with van der Waals surface area (Å²) in [5.41, 5.74) is 2.34. The predicted octanol–water partition coefficient (Wildman–Crippen LogP) is 3.27. The molecule has 6 heteroatoms. The summed E-state index contributed by atoms with van der Waals surface area (Å²) in [7, 11) is 1.63. The lowest BCUT2D eigenvalue weighted by molar-refractivity contribution is 0.0950. The number of hydrogen-bond acceptors (Lipinski definition) is 2. The molecule has 0 radical (unpaired) electrons. The Kier molecular flexibility index (Phi) is 6.06. The number of hydrogen-bond donors (Lipinski definition) is 2. The van der Waals surface area contributed by atoms with E-state index < -0.39 is 0 Å². The Labute approximate surface area is 158 Å². The average Bonchev–Trinajstić information content (AvgIpc) is 2.71. The molecule has 2 aromatic rings. The van der Waals surface area contributed by atoms with Gasteiger partial charge in [0.15, 0.2) is 0 Å². The molecule has 5 nitrogen and oxygen atoms in total. The first-order valence-corrected chi connectivity index (χ1v) is 9.16. The summed E-state index contributed by atoms with van der Waals surface area (Å²) >= 11 is 0. The molecule has 1 aliphatic heterocycles. The van der Waals surface area contributed by atoms with Crippen LogP contribution in [-0.4, -0.2) is 37.0 Å². The summed E-state index contributed by atoms with van der Waals surface area (Å²) in [5.74, 6) is -0.297. The maximum atomic E-state index is 13.2. The minimum Gasteiger partial charge on any atom is -0.348 e. The average molecular weight is 369 g/mol. The van der Waals surface area contributed by atoms with E-state index in [0.717, 1.165) is 24.9 Å².